The van der Waals surface area contributed by atoms with Crippen LogP contribution in [0.25, 0.3) is 0 Å². The van der Waals surface area contributed by atoms with E-state index >= 15 is 0 Å². The van der Waals surface area contributed by atoms with Crippen molar-refractivity contribution in [2.45, 2.75) is 53.1 Å². The van der Waals surface area contributed by atoms with Gasteiger partial charge in [-0.25, -0.2) is 0 Å². The van der Waals surface area contributed by atoms with Crippen LogP contribution in [0.15, 0.2) is 0 Å². The van der Waals surface area contributed by atoms with E-state index in [0.29, 0.717) is 19.1 Å². The fourth-order valence-electron chi connectivity index (χ4n) is 0.845. The molecule has 0 fully saturated rings. The van der Waals surface area contributed by atoms with E-state index in [-0.39, 0.29) is 17.0 Å². The lowest BCUT2D eigenvalue weighted by Crippen LogP contribution is -2.43. The fourth-order valence-corrected chi connectivity index (χ4v) is 0.845. The molecule has 15 heavy (non-hydrogen) atoms. The maximum absolute atomic E-state index is 5.98. The van der Waals surface area contributed by atoms with Gasteiger partial charge in [-0.1, -0.05) is 20.8 Å². The summed E-state index contributed by atoms with van der Waals surface area (Å²) in [5.41, 5.74) is 11.7. The Morgan fingerprint density at radius 1 is 1.13 bits per heavy atom. The zero-order valence-corrected chi connectivity index (χ0v) is 11.1. The number of nitrogens with two attached hydrogens (primary N) is 2. The molecule has 0 aromatic heterocycles. The lowest BCUT2D eigenvalue weighted by Gasteiger charge is -2.31. The first-order valence-corrected chi connectivity index (χ1v) is 5.69. The van der Waals surface area contributed by atoms with Crippen LogP contribution in [-0.2, 0) is 4.74 Å². The van der Waals surface area contributed by atoms with Crippen LogP contribution in [0.2, 0.25) is 0 Å². The molecular weight excluding hydrogens is 188 g/mol. The second-order valence-electron chi connectivity index (χ2n) is 6.01. The highest BCUT2D eigenvalue weighted by Crippen LogP contribution is 2.20. The highest BCUT2D eigenvalue weighted by Gasteiger charge is 2.25. The molecule has 0 amide bonds. The number of rotatable bonds is 6. The van der Waals surface area contributed by atoms with Crippen LogP contribution in [0.5, 0.6) is 0 Å². The normalized spacial score (nSPS) is 17.6. The Kier molecular flexibility index (Phi) is 5.24. The largest absolute Gasteiger partial charge is 0.380 e. The van der Waals surface area contributed by atoms with Crippen molar-refractivity contribution in [2.75, 3.05) is 13.2 Å². The molecule has 0 aliphatic heterocycles. The van der Waals surface area contributed by atoms with Gasteiger partial charge in [0, 0.05) is 17.0 Å². The maximum atomic E-state index is 5.98. The molecule has 0 radical (unpaired) electrons. The third kappa shape index (κ3) is 5.50. The summed E-state index contributed by atoms with van der Waals surface area (Å²) in [6.07, 6.45) is 0. The van der Waals surface area contributed by atoms with E-state index in [2.05, 4.69) is 20.8 Å². The zero-order valence-electron chi connectivity index (χ0n) is 11.1. The SMILES string of the molecule is CC(COCC(C)(C)C(C)N)C(C)(C)N. The molecule has 0 saturated carbocycles. The van der Waals surface area contributed by atoms with Gasteiger partial charge in [0.1, 0.15) is 0 Å². The molecule has 0 aromatic carbocycles. The zero-order chi connectivity index (χ0) is 12.3. The Hall–Kier alpha value is -0.120. The summed E-state index contributed by atoms with van der Waals surface area (Å²) in [4.78, 5) is 0. The molecule has 4 N–H and O–H groups in total. The smallest absolute Gasteiger partial charge is 0.0531 e. The van der Waals surface area contributed by atoms with Crippen LogP contribution in [0.4, 0.5) is 0 Å². The molecule has 0 aliphatic rings. The van der Waals surface area contributed by atoms with Gasteiger partial charge in [-0.05, 0) is 26.7 Å². The molecule has 0 spiro atoms. The van der Waals surface area contributed by atoms with Gasteiger partial charge in [0.2, 0.25) is 0 Å². The standard InChI is InChI=1S/C12H28N2O/c1-9(12(5,6)14)7-15-8-11(3,4)10(2)13/h9-10H,7-8,13-14H2,1-6H3. The average molecular weight is 216 g/mol. The van der Waals surface area contributed by atoms with Crippen molar-refractivity contribution in [3.8, 4) is 0 Å². The summed E-state index contributed by atoms with van der Waals surface area (Å²) in [6.45, 7) is 13.8. The summed E-state index contributed by atoms with van der Waals surface area (Å²) in [6, 6.07) is 0.138. The van der Waals surface area contributed by atoms with E-state index < -0.39 is 0 Å². The van der Waals surface area contributed by atoms with Crippen LogP contribution in [0.1, 0.15) is 41.5 Å². The molecule has 0 aromatic rings. The molecule has 3 nitrogen and oxygen atoms in total. The number of hydrogen-bond donors (Lipinski definition) is 2. The predicted octanol–water partition coefficient (Wildman–Crippen LogP) is 1.75. The van der Waals surface area contributed by atoms with Crippen LogP contribution in [0, 0.1) is 11.3 Å². The summed E-state index contributed by atoms with van der Waals surface area (Å²) >= 11 is 0. The van der Waals surface area contributed by atoms with Gasteiger partial charge in [0.15, 0.2) is 0 Å². The fraction of sp³-hybridized carbons (Fsp3) is 1.00. The Bertz CT molecular complexity index is 183. The highest BCUT2D eigenvalue weighted by atomic mass is 16.5. The van der Waals surface area contributed by atoms with Gasteiger partial charge in [0.25, 0.3) is 0 Å². The van der Waals surface area contributed by atoms with Gasteiger partial charge in [-0.3, -0.25) is 0 Å². The van der Waals surface area contributed by atoms with E-state index in [4.69, 9.17) is 16.2 Å². The van der Waals surface area contributed by atoms with Gasteiger partial charge >= 0.3 is 0 Å². The van der Waals surface area contributed by atoms with Crippen molar-refractivity contribution in [3.63, 3.8) is 0 Å². The summed E-state index contributed by atoms with van der Waals surface area (Å²) < 4.78 is 5.69. The average Bonchev–Trinajstić information content (AvgIpc) is 2.01. The summed E-state index contributed by atoms with van der Waals surface area (Å²) in [5, 5.41) is 0. The minimum atomic E-state index is -0.182. The van der Waals surface area contributed by atoms with Crippen LogP contribution in [-0.4, -0.2) is 24.8 Å². The molecule has 92 valence electrons. The van der Waals surface area contributed by atoms with Gasteiger partial charge in [-0.15, -0.1) is 0 Å². The molecule has 2 atom stereocenters. The van der Waals surface area contributed by atoms with E-state index in [1.54, 1.807) is 0 Å². The van der Waals surface area contributed by atoms with E-state index in [1.165, 1.54) is 0 Å². The van der Waals surface area contributed by atoms with Crippen LogP contribution in [0.3, 0.4) is 0 Å². The van der Waals surface area contributed by atoms with Crippen molar-refractivity contribution in [2.24, 2.45) is 22.8 Å². The maximum Gasteiger partial charge on any atom is 0.0531 e. The summed E-state index contributed by atoms with van der Waals surface area (Å²) in [5.74, 6) is 0.349. The third-order valence-corrected chi connectivity index (χ3v) is 3.34. The quantitative estimate of drug-likeness (QED) is 0.711. The predicted molar refractivity (Wildman–Crippen MR) is 65.7 cm³/mol. The Morgan fingerprint density at radius 2 is 1.60 bits per heavy atom. The second-order valence-corrected chi connectivity index (χ2v) is 6.01. The number of ether oxygens (including phenoxy) is 1. The molecule has 0 bridgehead atoms. The first kappa shape index (κ1) is 14.9. The van der Waals surface area contributed by atoms with Gasteiger partial charge < -0.3 is 16.2 Å². The van der Waals surface area contributed by atoms with E-state index in [1.807, 2.05) is 20.8 Å². The molecule has 2 unspecified atom stereocenters. The molecule has 0 saturated heterocycles. The van der Waals surface area contributed by atoms with E-state index in [0.717, 1.165) is 0 Å². The van der Waals surface area contributed by atoms with Crippen molar-refractivity contribution in [1.82, 2.24) is 0 Å². The molecule has 0 heterocycles. The van der Waals surface area contributed by atoms with Crippen molar-refractivity contribution < 1.29 is 4.74 Å². The monoisotopic (exact) mass is 216 g/mol. The lowest BCUT2D eigenvalue weighted by molar-refractivity contribution is 0.0225. The van der Waals surface area contributed by atoms with Crippen molar-refractivity contribution in [3.05, 3.63) is 0 Å². The third-order valence-electron chi connectivity index (χ3n) is 3.34. The van der Waals surface area contributed by atoms with Crippen molar-refractivity contribution >= 4 is 0 Å². The minimum absolute atomic E-state index is 0.0263. The first-order valence-electron chi connectivity index (χ1n) is 5.69. The minimum Gasteiger partial charge on any atom is -0.380 e. The second kappa shape index (κ2) is 5.28. The van der Waals surface area contributed by atoms with Gasteiger partial charge in [0.05, 0.1) is 13.2 Å². The van der Waals surface area contributed by atoms with Gasteiger partial charge in [-0.2, -0.15) is 0 Å². The van der Waals surface area contributed by atoms with Crippen molar-refractivity contribution in [1.29, 1.82) is 0 Å². The molecule has 0 rings (SSSR count). The van der Waals surface area contributed by atoms with E-state index in [9.17, 15) is 0 Å². The molecule has 0 aliphatic carbocycles. The Morgan fingerprint density at radius 3 is 1.93 bits per heavy atom. The highest BCUT2D eigenvalue weighted by molar-refractivity contribution is 4.80. The Balaban J connectivity index is 3.90. The number of hydrogen-bond acceptors (Lipinski definition) is 3. The lowest BCUT2D eigenvalue weighted by atomic mass is 9.87. The Labute approximate surface area is 94.5 Å². The first-order chi connectivity index (χ1) is 6.57. The van der Waals surface area contributed by atoms with Crippen LogP contribution < -0.4 is 11.5 Å². The van der Waals surface area contributed by atoms with Crippen LogP contribution >= 0.6 is 0 Å². The topological polar surface area (TPSA) is 61.3 Å². The molecule has 3 heteroatoms. The summed E-state index contributed by atoms with van der Waals surface area (Å²) in [7, 11) is 0. The molecular formula is C12H28N2O.